The first kappa shape index (κ1) is 14.6. The van der Waals surface area contributed by atoms with Gasteiger partial charge in [-0.3, -0.25) is 0 Å². The summed E-state index contributed by atoms with van der Waals surface area (Å²) in [4.78, 5) is 0. The summed E-state index contributed by atoms with van der Waals surface area (Å²) in [5, 5.41) is 3.19. The summed E-state index contributed by atoms with van der Waals surface area (Å²) in [6.45, 7) is 3.38. The minimum absolute atomic E-state index is 0.180. The zero-order valence-electron chi connectivity index (χ0n) is 11.2. The molecule has 0 atom stereocenters. The second-order valence-corrected chi connectivity index (χ2v) is 4.58. The van der Waals surface area contributed by atoms with Gasteiger partial charge in [0.05, 0.1) is 5.56 Å². The van der Waals surface area contributed by atoms with Crippen LogP contribution in [0.15, 0.2) is 36.4 Å². The molecule has 0 saturated carbocycles. The lowest BCUT2D eigenvalue weighted by atomic mass is 9.98. The SMILES string of the molecule is CCCNCc1ccccc1-c1c(F)cc(F)cc1F. The van der Waals surface area contributed by atoms with Crippen LogP contribution in [-0.4, -0.2) is 6.54 Å². The number of hydrogen-bond donors (Lipinski definition) is 1. The molecule has 0 aliphatic heterocycles. The summed E-state index contributed by atoms with van der Waals surface area (Å²) < 4.78 is 40.7. The van der Waals surface area contributed by atoms with E-state index in [1.54, 1.807) is 18.2 Å². The lowest BCUT2D eigenvalue weighted by Gasteiger charge is -2.12. The van der Waals surface area contributed by atoms with Crippen molar-refractivity contribution in [2.24, 2.45) is 0 Å². The Labute approximate surface area is 116 Å². The average Bonchev–Trinajstić information content (AvgIpc) is 2.39. The maximum absolute atomic E-state index is 13.9. The van der Waals surface area contributed by atoms with E-state index in [4.69, 9.17) is 0 Å². The van der Waals surface area contributed by atoms with Crippen molar-refractivity contribution in [3.63, 3.8) is 0 Å². The van der Waals surface area contributed by atoms with Crippen molar-refractivity contribution >= 4 is 0 Å². The molecular weight excluding hydrogens is 263 g/mol. The monoisotopic (exact) mass is 279 g/mol. The number of benzene rings is 2. The molecule has 0 unspecified atom stereocenters. The molecule has 0 fully saturated rings. The zero-order chi connectivity index (χ0) is 14.5. The van der Waals surface area contributed by atoms with Gasteiger partial charge in [0.25, 0.3) is 0 Å². The molecule has 4 heteroatoms. The highest BCUT2D eigenvalue weighted by Crippen LogP contribution is 2.29. The van der Waals surface area contributed by atoms with Crippen LogP contribution in [-0.2, 0) is 6.54 Å². The Hall–Kier alpha value is -1.81. The fraction of sp³-hybridized carbons (Fsp3) is 0.250. The molecular formula is C16H16F3N. The van der Waals surface area contributed by atoms with E-state index in [0.717, 1.165) is 18.5 Å². The van der Waals surface area contributed by atoms with Gasteiger partial charge >= 0.3 is 0 Å². The molecule has 0 amide bonds. The van der Waals surface area contributed by atoms with Crippen molar-refractivity contribution in [2.75, 3.05) is 6.54 Å². The fourth-order valence-corrected chi connectivity index (χ4v) is 2.12. The van der Waals surface area contributed by atoms with Gasteiger partial charge in [-0.1, -0.05) is 31.2 Å². The van der Waals surface area contributed by atoms with E-state index in [2.05, 4.69) is 5.32 Å². The highest BCUT2D eigenvalue weighted by atomic mass is 19.1. The van der Waals surface area contributed by atoms with Gasteiger partial charge in [-0.05, 0) is 24.1 Å². The van der Waals surface area contributed by atoms with Gasteiger partial charge in [-0.2, -0.15) is 0 Å². The van der Waals surface area contributed by atoms with E-state index in [-0.39, 0.29) is 5.56 Å². The minimum Gasteiger partial charge on any atom is -0.313 e. The Bertz CT molecular complexity index is 573. The molecule has 0 radical (unpaired) electrons. The molecule has 2 aromatic rings. The molecule has 0 aliphatic carbocycles. The number of rotatable bonds is 5. The first-order valence-corrected chi connectivity index (χ1v) is 6.57. The smallest absolute Gasteiger partial charge is 0.136 e. The van der Waals surface area contributed by atoms with Crippen molar-refractivity contribution in [1.29, 1.82) is 0 Å². The third-order valence-corrected chi connectivity index (χ3v) is 3.04. The topological polar surface area (TPSA) is 12.0 Å². The van der Waals surface area contributed by atoms with E-state index in [1.807, 2.05) is 13.0 Å². The predicted molar refractivity (Wildman–Crippen MR) is 73.7 cm³/mol. The van der Waals surface area contributed by atoms with Crippen LogP contribution in [0.25, 0.3) is 11.1 Å². The van der Waals surface area contributed by atoms with Crippen LogP contribution in [0.1, 0.15) is 18.9 Å². The molecule has 0 spiro atoms. The Morgan fingerprint density at radius 2 is 1.65 bits per heavy atom. The summed E-state index contributed by atoms with van der Waals surface area (Å²) in [5.74, 6) is -2.68. The third-order valence-electron chi connectivity index (χ3n) is 3.04. The lowest BCUT2D eigenvalue weighted by molar-refractivity contribution is 0.547. The second kappa shape index (κ2) is 6.57. The van der Waals surface area contributed by atoms with Gasteiger partial charge in [-0.25, -0.2) is 13.2 Å². The van der Waals surface area contributed by atoms with Crippen LogP contribution in [0, 0.1) is 17.5 Å². The highest BCUT2D eigenvalue weighted by Gasteiger charge is 2.16. The van der Waals surface area contributed by atoms with Crippen LogP contribution >= 0.6 is 0 Å². The van der Waals surface area contributed by atoms with Crippen molar-refractivity contribution in [3.05, 3.63) is 59.4 Å². The summed E-state index contributed by atoms with van der Waals surface area (Å²) >= 11 is 0. The van der Waals surface area contributed by atoms with Crippen molar-refractivity contribution in [3.8, 4) is 11.1 Å². The second-order valence-electron chi connectivity index (χ2n) is 4.58. The van der Waals surface area contributed by atoms with Gasteiger partial charge in [-0.15, -0.1) is 0 Å². The Morgan fingerprint density at radius 1 is 1.00 bits per heavy atom. The molecule has 0 aromatic heterocycles. The van der Waals surface area contributed by atoms with Crippen molar-refractivity contribution in [1.82, 2.24) is 5.32 Å². The van der Waals surface area contributed by atoms with E-state index in [0.29, 0.717) is 24.2 Å². The summed E-state index contributed by atoms with van der Waals surface area (Å²) in [6.07, 6.45) is 0.974. The lowest BCUT2D eigenvalue weighted by Crippen LogP contribution is -2.14. The van der Waals surface area contributed by atoms with E-state index in [1.165, 1.54) is 0 Å². The Kier molecular flexibility index (Phi) is 4.79. The number of halogens is 3. The summed E-state index contributed by atoms with van der Waals surface area (Å²) in [7, 11) is 0. The van der Waals surface area contributed by atoms with Gasteiger partial charge in [0.15, 0.2) is 0 Å². The summed E-state index contributed by atoms with van der Waals surface area (Å²) in [5.41, 5.74) is 1.05. The summed E-state index contributed by atoms with van der Waals surface area (Å²) in [6, 6.07) is 8.37. The van der Waals surface area contributed by atoms with Crippen LogP contribution in [0.3, 0.4) is 0 Å². The van der Waals surface area contributed by atoms with E-state index < -0.39 is 17.5 Å². The van der Waals surface area contributed by atoms with Gasteiger partial charge in [0.1, 0.15) is 17.5 Å². The molecule has 1 nitrogen and oxygen atoms in total. The normalized spacial score (nSPS) is 10.8. The maximum atomic E-state index is 13.9. The molecule has 0 bridgehead atoms. The first-order chi connectivity index (χ1) is 9.63. The van der Waals surface area contributed by atoms with Crippen LogP contribution in [0.2, 0.25) is 0 Å². The Morgan fingerprint density at radius 3 is 2.30 bits per heavy atom. The van der Waals surface area contributed by atoms with Crippen molar-refractivity contribution < 1.29 is 13.2 Å². The molecule has 0 aliphatic rings. The number of hydrogen-bond acceptors (Lipinski definition) is 1. The predicted octanol–water partition coefficient (Wildman–Crippen LogP) is 4.27. The van der Waals surface area contributed by atoms with Crippen LogP contribution in [0.5, 0.6) is 0 Å². The molecule has 2 aromatic carbocycles. The Balaban J connectivity index is 2.42. The molecule has 2 rings (SSSR count). The number of nitrogens with one attached hydrogen (secondary N) is 1. The van der Waals surface area contributed by atoms with Gasteiger partial charge < -0.3 is 5.32 Å². The van der Waals surface area contributed by atoms with E-state index in [9.17, 15) is 13.2 Å². The van der Waals surface area contributed by atoms with Crippen LogP contribution in [0.4, 0.5) is 13.2 Å². The zero-order valence-corrected chi connectivity index (χ0v) is 11.2. The van der Waals surface area contributed by atoms with E-state index >= 15 is 0 Å². The van der Waals surface area contributed by atoms with Crippen LogP contribution < -0.4 is 5.32 Å². The first-order valence-electron chi connectivity index (χ1n) is 6.57. The standard InChI is InChI=1S/C16H16F3N/c1-2-7-20-10-11-5-3-4-6-13(11)16-14(18)8-12(17)9-15(16)19/h3-6,8-9,20H,2,7,10H2,1H3. The molecule has 20 heavy (non-hydrogen) atoms. The molecule has 0 heterocycles. The largest absolute Gasteiger partial charge is 0.313 e. The third kappa shape index (κ3) is 3.20. The molecule has 106 valence electrons. The molecule has 1 N–H and O–H groups in total. The average molecular weight is 279 g/mol. The minimum atomic E-state index is -0.912. The van der Waals surface area contributed by atoms with Gasteiger partial charge in [0, 0.05) is 18.7 Å². The van der Waals surface area contributed by atoms with Gasteiger partial charge in [0.2, 0.25) is 0 Å². The quantitative estimate of drug-likeness (QED) is 0.806. The fourth-order valence-electron chi connectivity index (χ4n) is 2.12. The molecule has 0 saturated heterocycles. The van der Waals surface area contributed by atoms with Crippen molar-refractivity contribution in [2.45, 2.75) is 19.9 Å². The maximum Gasteiger partial charge on any atom is 0.136 e. The highest BCUT2D eigenvalue weighted by molar-refractivity contribution is 5.68.